The van der Waals surface area contributed by atoms with Crippen LogP contribution in [-0.2, 0) is 0 Å². The van der Waals surface area contributed by atoms with Gasteiger partial charge < -0.3 is 0 Å². The topological polar surface area (TPSA) is 49.8 Å². The van der Waals surface area contributed by atoms with Gasteiger partial charge in [0.2, 0.25) is 0 Å². The second-order valence-electron chi connectivity index (χ2n) is 1.08. The fourth-order valence-electron chi connectivity index (χ4n) is 0.201. The summed E-state index contributed by atoms with van der Waals surface area (Å²) in [6.45, 7) is 0.726. The second-order valence-corrected chi connectivity index (χ2v) is 2.93. The molecule has 0 radical (unpaired) electrons. The van der Waals surface area contributed by atoms with Crippen LogP contribution >= 0.6 is 17.0 Å². The molecule has 0 aromatic carbocycles. The van der Waals surface area contributed by atoms with Crippen molar-refractivity contribution in [1.82, 2.24) is 0 Å². The molecule has 2 N–H and O–H groups in total. The van der Waals surface area contributed by atoms with E-state index in [-0.39, 0.29) is 31.9 Å². The van der Waals surface area contributed by atoms with E-state index in [1.807, 2.05) is 0 Å². The van der Waals surface area contributed by atoms with Gasteiger partial charge in [0, 0.05) is 0 Å². The van der Waals surface area contributed by atoms with E-state index in [9.17, 15) is 0 Å². The first-order valence-electron chi connectivity index (χ1n) is 2.12. The first-order valence-corrected chi connectivity index (χ1v) is 4.19. The van der Waals surface area contributed by atoms with Crippen molar-refractivity contribution in [3.63, 3.8) is 0 Å². The van der Waals surface area contributed by atoms with Gasteiger partial charge in [0.15, 0.2) is 0 Å². The van der Waals surface area contributed by atoms with Gasteiger partial charge in [-0.3, -0.25) is 0 Å². The van der Waals surface area contributed by atoms with Crippen molar-refractivity contribution in [2.75, 3.05) is 6.54 Å². The molecule has 0 heterocycles. The van der Waals surface area contributed by atoms with E-state index in [1.54, 1.807) is 0 Å². The maximum atomic E-state index is 8.03. The fourth-order valence-corrected chi connectivity index (χ4v) is 1.05. The SMILES string of the molecule is Br.N#C[Se]CCCN. The Balaban J connectivity index is 0. The molecular formula is C4H9BrN2Se. The summed E-state index contributed by atoms with van der Waals surface area (Å²) in [4.78, 5) is 2.11. The minimum absolute atomic E-state index is 0. The predicted molar refractivity (Wildman–Crippen MR) is 40.2 cm³/mol. The summed E-state index contributed by atoms with van der Waals surface area (Å²) < 4.78 is 0. The molecule has 0 atom stereocenters. The Morgan fingerprint density at radius 2 is 2.25 bits per heavy atom. The molecule has 0 saturated heterocycles. The van der Waals surface area contributed by atoms with E-state index in [4.69, 9.17) is 11.0 Å². The zero-order valence-electron chi connectivity index (χ0n) is 4.46. The summed E-state index contributed by atoms with van der Waals surface area (Å²) in [5.41, 5.74) is 5.17. The van der Waals surface area contributed by atoms with Gasteiger partial charge >= 0.3 is 49.2 Å². The molecule has 0 aliphatic rings. The Kier molecular flexibility index (Phi) is 14.7. The standard InChI is InChI=1S/C4H8N2Se.BrH/c5-2-1-3-7-4-6;/h1-3,5H2;1H. The van der Waals surface area contributed by atoms with Crippen molar-refractivity contribution < 1.29 is 0 Å². The fraction of sp³-hybridized carbons (Fsp3) is 0.750. The van der Waals surface area contributed by atoms with Crippen LogP contribution in [0.5, 0.6) is 0 Å². The van der Waals surface area contributed by atoms with Gasteiger partial charge in [0.25, 0.3) is 0 Å². The molecule has 0 aliphatic heterocycles. The molecule has 0 amide bonds. The summed E-state index contributed by atoms with van der Waals surface area (Å²) in [7, 11) is 0. The van der Waals surface area contributed by atoms with E-state index < -0.39 is 0 Å². The van der Waals surface area contributed by atoms with Crippen molar-refractivity contribution in [3.05, 3.63) is 0 Å². The zero-order chi connectivity index (χ0) is 5.54. The molecule has 0 aromatic rings. The Morgan fingerprint density at radius 3 is 2.62 bits per heavy atom. The molecule has 0 rings (SSSR count). The number of hydrogen-bond donors (Lipinski definition) is 1. The third kappa shape index (κ3) is 9.67. The molecule has 48 valence electrons. The number of rotatable bonds is 3. The van der Waals surface area contributed by atoms with Gasteiger partial charge in [-0.05, 0) is 0 Å². The third-order valence-corrected chi connectivity index (χ3v) is 1.82. The molecule has 0 fully saturated rings. The van der Waals surface area contributed by atoms with Crippen LogP contribution in [0.25, 0.3) is 0 Å². The van der Waals surface area contributed by atoms with Crippen molar-refractivity contribution in [3.8, 4) is 4.97 Å². The molecule has 8 heavy (non-hydrogen) atoms. The maximum absolute atomic E-state index is 8.03. The van der Waals surface area contributed by atoms with Crippen LogP contribution < -0.4 is 5.73 Å². The van der Waals surface area contributed by atoms with Crippen LogP contribution in [0.1, 0.15) is 6.42 Å². The van der Waals surface area contributed by atoms with Crippen LogP contribution in [-0.4, -0.2) is 21.5 Å². The molecule has 0 aromatic heterocycles. The van der Waals surface area contributed by atoms with Crippen LogP contribution in [0, 0.1) is 10.2 Å². The summed E-state index contributed by atoms with van der Waals surface area (Å²) >= 11 is 0.194. The average molecular weight is 244 g/mol. The summed E-state index contributed by atoms with van der Waals surface area (Å²) in [6.07, 6.45) is 1.01. The van der Waals surface area contributed by atoms with E-state index in [0.717, 1.165) is 18.3 Å². The Morgan fingerprint density at radius 1 is 1.62 bits per heavy atom. The van der Waals surface area contributed by atoms with E-state index in [1.165, 1.54) is 0 Å². The molecule has 0 bridgehead atoms. The van der Waals surface area contributed by atoms with Gasteiger partial charge in [-0.1, -0.05) is 0 Å². The molecule has 0 spiro atoms. The van der Waals surface area contributed by atoms with Gasteiger partial charge in [0.05, 0.1) is 0 Å². The average Bonchev–Trinajstić information content (AvgIpc) is 1.69. The Hall–Kier alpha value is 0.449. The molecule has 4 heteroatoms. The number of hydrogen-bond acceptors (Lipinski definition) is 2. The summed E-state index contributed by atoms with van der Waals surface area (Å²) in [5, 5.41) is 9.04. The summed E-state index contributed by atoms with van der Waals surface area (Å²) in [5.74, 6) is 0. The molecule has 2 nitrogen and oxygen atoms in total. The third-order valence-electron chi connectivity index (χ3n) is 0.515. The number of halogens is 1. The molecular weight excluding hydrogens is 235 g/mol. The van der Waals surface area contributed by atoms with Crippen LogP contribution in [0.4, 0.5) is 0 Å². The van der Waals surface area contributed by atoms with E-state index in [0.29, 0.717) is 0 Å². The Labute approximate surface area is 66.4 Å². The van der Waals surface area contributed by atoms with Gasteiger partial charge in [-0.15, -0.1) is 17.0 Å². The van der Waals surface area contributed by atoms with Crippen molar-refractivity contribution in [2.45, 2.75) is 11.7 Å². The van der Waals surface area contributed by atoms with Crippen LogP contribution in [0.15, 0.2) is 0 Å². The van der Waals surface area contributed by atoms with Crippen LogP contribution in [0.3, 0.4) is 0 Å². The normalized spacial score (nSPS) is 7.00. The number of nitrogens with zero attached hydrogens (tertiary/aromatic N) is 1. The monoisotopic (exact) mass is 244 g/mol. The number of nitriles is 1. The van der Waals surface area contributed by atoms with Gasteiger partial charge in [0.1, 0.15) is 0 Å². The van der Waals surface area contributed by atoms with Crippen LogP contribution in [0.2, 0.25) is 5.32 Å². The van der Waals surface area contributed by atoms with Gasteiger partial charge in [-0.2, -0.15) is 0 Å². The van der Waals surface area contributed by atoms with Gasteiger partial charge in [-0.25, -0.2) is 0 Å². The minimum atomic E-state index is 0. The first kappa shape index (κ1) is 11.3. The van der Waals surface area contributed by atoms with Crippen molar-refractivity contribution in [2.24, 2.45) is 5.73 Å². The van der Waals surface area contributed by atoms with E-state index in [2.05, 4.69) is 4.97 Å². The first-order chi connectivity index (χ1) is 3.41. The van der Waals surface area contributed by atoms with E-state index >= 15 is 0 Å². The van der Waals surface area contributed by atoms with Crippen molar-refractivity contribution in [1.29, 1.82) is 5.26 Å². The molecule has 0 saturated carbocycles. The zero-order valence-corrected chi connectivity index (χ0v) is 7.89. The molecule has 0 unspecified atom stereocenters. The molecule has 0 aliphatic carbocycles. The van der Waals surface area contributed by atoms with Crippen molar-refractivity contribution >= 4 is 31.9 Å². The predicted octanol–water partition coefficient (Wildman–Crippen LogP) is 0.517. The number of nitrogens with two attached hydrogens (primary N) is 1. The Bertz CT molecular complexity index is 70.9. The summed E-state index contributed by atoms with van der Waals surface area (Å²) in [6, 6.07) is 0. The quantitative estimate of drug-likeness (QED) is 0.581. The second kappa shape index (κ2) is 10.4.